The Balaban J connectivity index is 2.54. The van der Waals surface area contributed by atoms with Crippen molar-refractivity contribution in [2.24, 2.45) is 0 Å². The van der Waals surface area contributed by atoms with Gasteiger partial charge in [0.2, 0.25) is 0 Å². The van der Waals surface area contributed by atoms with Crippen molar-refractivity contribution in [1.29, 1.82) is 0 Å². The zero-order chi connectivity index (χ0) is 16.7. The van der Waals surface area contributed by atoms with Crippen LogP contribution in [0.25, 0.3) is 0 Å². The van der Waals surface area contributed by atoms with Crippen LogP contribution in [-0.2, 0) is 9.59 Å². The smallest absolute Gasteiger partial charge is 0.295 e. The molecule has 120 valence electrons. The summed E-state index contributed by atoms with van der Waals surface area (Å²) in [7, 11) is 0. The molecule has 1 aliphatic heterocycles. The third-order valence-corrected chi connectivity index (χ3v) is 4.14. The monoisotopic (exact) mass is 314 g/mol. The van der Waals surface area contributed by atoms with Crippen LogP contribution in [0.3, 0.4) is 0 Å². The van der Waals surface area contributed by atoms with Gasteiger partial charge >= 0.3 is 0 Å². The first kappa shape index (κ1) is 15.8. The predicted molar refractivity (Wildman–Crippen MR) is 62.3 cm³/mol. The highest BCUT2D eigenvalue weighted by Crippen LogP contribution is 2.39. The maximum atomic E-state index is 11.4. The van der Waals surface area contributed by atoms with Crippen LogP contribution in [0.15, 0.2) is 11.6 Å². The Kier molecular flexibility index (Phi) is 3.61. The number of carboxylic acid groups (broad SMARTS) is 2. The van der Waals surface area contributed by atoms with Crippen LogP contribution in [0.1, 0.15) is 12.8 Å². The largest absolute Gasteiger partial charge is 0.545 e. The summed E-state index contributed by atoms with van der Waals surface area (Å²) in [5.74, 6) is -3.18. The Labute approximate surface area is 123 Å². The number of piperidine rings is 1. The van der Waals surface area contributed by atoms with E-state index < -0.39 is 57.8 Å². The maximum absolute atomic E-state index is 11.4. The number of aliphatic carboxylic acids is 2. The molecular formula is C11H12N3O8-. The first-order valence-corrected chi connectivity index (χ1v) is 6.36. The molecule has 1 heterocycles. The molecule has 2 aliphatic rings. The number of nitro groups is 2. The van der Waals surface area contributed by atoms with Crippen molar-refractivity contribution < 1.29 is 34.5 Å². The first-order chi connectivity index (χ1) is 10.1. The van der Waals surface area contributed by atoms with Gasteiger partial charge in [-0.25, -0.2) is 0 Å². The fourth-order valence-corrected chi connectivity index (χ4v) is 3.45. The highest BCUT2D eigenvalue weighted by Gasteiger charge is 2.66. The standard InChI is InChI=1S/C11H13N3O8/c15-8(16)3-12-5-10(13(19)20)1-7(9(17)18)2-11(4-10,6-12)14(21)22/h1H,2-6H2,(H,15,16)(H,17,18)/p-1. The molecule has 1 fully saturated rings. The van der Waals surface area contributed by atoms with E-state index in [1.54, 1.807) is 0 Å². The van der Waals surface area contributed by atoms with E-state index in [9.17, 15) is 40.0 Å². The van der Waals surface area contributed by atoms with E-state index in [-0.39, 0.29) is 18.0 Å². The van der Waals surface area contributed by atoms with Gasteiger partial charge < -0.3 is 24.7 Å². The van der Waals surface area contributed by atoms with Crippen molar-refractivity contribution in [3.05, 3.63) is 31.9 Å². The molecule has 3 unspecified atom stereocenters. The minimum atomic E-state index is -2.00. The first-order valence-electron chi connectivity index (χ1n) is 6.36. The molecule has 0 amide bonds. The summed E-state index contributed by atoms with van der Waals surface area (Å²) < 4.78 is 0. The number of hydrogen-bond acceptors (Lipinski definition) is 8. The number of nitrogens with zero attached hydrogens (tertiary/aromatic N) is 2. The maximum Gasteiger partial charge on any atom is 0.295 e. The number of nitrogens with one attached hydrogen (secondary N) is 1. The molecule has 2 bridgehead atoms. The molecule has 11 heteroatoms. The summed E-state index contributed by atoms with van der Waals surface area (Å²) in [6.07, 6.45) is -0.152. The Hall–Kier alpha value is -2.56. The molecule has 0 aromatic rings. The van der Waals surface area contributed by atoms with Crippen LogP contribution in [0.2, 0.25) is 0 Å². The number of likely N-dealkylation sites (tertiary alicyclic amines) is 1. The Bertz CT molecular complexity index is 602. The van der Waals surface area contributed by atoms with Crippen molar-refractivity contribution >= 4 is 11.9 Å². The Morgan fingerprint density at radius 3 is 2.27 bits per heavy atom. The fourth-order valence-electron chi connectivity index (χ4n) is 3.45. The molecule has 1 N–H and O–H groups in total. The summed E-state index contributed by atoms with van der Waals surface area (Å²) in [6, 6.07) is 0. The number of fused-ring (bicyclic) bond motifs is 2. The van der Waals surface area contributed by atoms with Crippen molar-refractivity contribution in [3.63, 3.8) is 0 Å². The number of rotatable bonds is 5. The summed E-state index contributed by atoms with van der Waals surface area (Å²) in [6.45, 7) is -1.31. The molecule has 0 aromatic heterocycles. The quantitative estimate of drug-likeness (QED) is 0.388. The second-order valence-electron chi connectivity index (χ2n) is 5.81. The number of carbonyl (C=O) groups is 2. The zero-order valence-corrected chi connectivity index (χ0v) is 11.3. The van der Waals surface area contributed by atoms with E-state index in [0.29, 0.717) is 0 Å². The van der Waals surface area contributed by atoms with Crippen LogP contribution in [0.4, 0.5) is 0 Å². The molecule has 0 radical (unpaired) electrons. The highest BCUT2D eigenvalue weighted by atomic mass is 16.6. The fraction of sp³-hybridized carbons (Fsp3) is 0.636. The minimum Gasteiger partial charge on any atom is -0.545 e. The van der Waals surface area contributed by atoms with Crippen LogP contribution in [-0.4, -0.2) is 52.5 Å². The summed E-state index contributed by atoms with van der Waals surface area (Å²) in [5.41, 5.74) is -4.39. The van der Waals surface area contributed by atoms with E-state index in [0.717, 1.165) is 6.08 Å². The van der Waals surface area contributed by atoms with Crippen molar-refractivity contribution in [2.75, 3.05) is 19.6 Å². The number of carboxylic acids is 2. The van der Waals surface area contributed by atoms with Gasteiger partial charge in [0, 0.05) is 15.9 Å². The molecule has 11 nitrogen and oxygen atoms in total. The third kappa shape index (κ3) is 2.50. The van der Waals surface area contributed by atoms with Gasteiger partial charge in [-0.3, -0.25) is 20.2 Å². The van der Waals surface area contributed by atoms with Crippen LogP contribution >= 0.6 is 0 Å². The van der Waals surface area contributed by atoms with Gasteiger partial charge in [-0.2, -0.15) is 0 Å². The number of carbonyl (C=O) groups excluding carboxylic acids is 2. The average Bonchev–Trinajstić information content (AvgIpc) is 2.36. The second kappa shape index (κ2) is 5.02. The lowest BCUT2D eigenvalue weighted by Gasteiger charge is -2.43. The second-order valence-corrected chi connectivity index (χ2v) is 5.81. The summed E-state index contributed by atoms with van der Waals surface area (Å²) in [5, 5.41) is 44.6. The van der Waals surface area contributed by atoms with Crippen molar-refractivity contribution in [1.82, 2.24) is 0 Å². The summed E-state index contributed by atoms with van der Waals surface area (Å²) >= 11 is 0. The normalized spacial score (nSPS) is 33.6. The lowest BCUT2D eigenvalue weighted by atomic mass is 9.69. The molecule has 1 aliphatic carbocycles. The SMILES string of the molecule is O=C([O-])C[NH+]1CC2([N+](=O)[O-])C=C(C(=O)[O-])CC([N+](=O)[O-])(C1)C2. The Morgan fingerprint density at radius 1 is 1.18 bits per heavy atom. The third-order valence-electron chi connectivity index (χ3n) is 4.14. The number of hydrogen-bond donors (Lipinski definition) is 1. The average molecular weight is 314 g/mol. The molecule has 0 saturated carbocycles. The molecule has 22 heavy (non-hydrogen) atoms. The van der Waals surface area contributed by atoms with E-state index in [2.05, 4.69) is 0 Å². The van der Waals surface area contributed by atoms with E-state index in [4.69, 9.17) is 0 Å². The van der Waals surface area contributed by atoms with Gasteiger partial charge in [0.05, 0.1) is 18.4 Å². The van der Waals surface area contributed by atoms with E-state index in [1.165, 1.54) is 0 Å². The van der Waals surface area contributed by atoms with Crippen molar-refractivity contribution in [2.45, 2.75) is 23.9 Å². The van der Waals surface area contributed by atoms with Gasteiger partial charge in [-0.05, 0) is 5.57 Å². The lowest BCUT2D eigenvalue weighted by Crippen LogP contribution is -3.19. The van der Waals surface area contributed by atoms with Gasteiger partial charge in [0.25, 0.3) is 11.1 Å². The van der Waals surface area contributed by atoms with Crippen LogP contribution < -0.4 is 15.1 Å². The molecule has 1 saturated heterocycles. The van der Waals surface area contributed by atoms with E-state index >= 15 is 0 Å². The Morgan fingerprint density at radius 2 is 1.82 bits per heavy atom. The molecule has 2 rings (SSSR count). The molecule has 0 spiro atoms. The highest BCUT2D eigenvalue weighted by molar-refractivity contribution is 5.85. The molecule has 3 atom stereocenters. The molecular weight excluding hydrogens is 302 g/mol. The van der Waals surface area contributed by atoms with E-state index in [1.807, 2.05) is 0 Å². The van der Waals surface area contributed by atoms with Gasteiger partial charge in [-0.1, -0.05) is 0 Å². The van der Waals surface area contributed by atoms with Gasteiger partial charge in [0.15, 0.2) is 6.54 Å². The lowest BCUT2D eigenvalue weighted by molar-refractivity contribution is -0.938. The number of quaternary nitrogens is 1. The predicted octanol–water partition coefficient (Wildman–Crippen LogP) is -4.86. The van der Waals surface area contributed by atoms with Crippen LogP contribution in [0, 0.1) is 20.2 Å². The van der Waals surface area contributed by atoms with Crippen molar-refractivity contribution in [3.8, 4) is 0 Å². The minimum absolute atomic E-state index is 0.105. The summed E-state index contributed by atoms with van der Waals surface area (Å²) in [4.78, 5) is 43.1. The van der Waals surface area contributed by atoms with Crippen LogP contribution in [0.5, 0.6) is 0 Å². The topological polar surface area (TPSA) is 171 Å². The van der Waals surface area contributed by atoms with Gasteiger partial charge in [0.1, 0.15) is 19.5 Å². The molecule has 0 aromatic carbocycles. The van der Waals surface area contributed by atoms with Gasteiger partial charge in [-0.15, -0.1) is 0 Å². The zero-order valence-electron chi connectivity index (χ0n) is 11.3.